The Bertz CT molecular complexity index is 717. The van der Waals surface area contributed by atoms with Crippen LogP contribution in [0.15, 0.2) is 18.3 Å². The minimum Gasteiger partial charge on any atom is -0.489 e. The number of carbonyl (C=O) groups excluding carboxylic acids is 1. The van der Waals surface area contributed by atoms with E-state index >= 15 is 0 Å². The van der Waals surface area contributed by atoms with E-state index in [0.717, 1.165) is 6.20 Å². The van der Waals surface area contributed by atoms with Crippen LogP contribution >= 0.6 is 0 Å². The molecule has 120 valence electrons. The molecule has 0 unspecified atom stereocenters. The summed E-state index contributed by atoms with van der Waals surface area (Å²) in [5.74, 6) is -2.24. The molecule has 22 heavy (non-hydrogen) atoms. The van der Waals surface area contributed by atoms with Crippen molar-refractivity contribution >= 4 is 11.4 Å². The summed E-state index contributed by atoms with van der Waals surface area (Å²) < 4.78 is 44.9. The van der Waals surface area contributed by atoms with Crippen molar-refractivity contribution in [2.24, 2.45) is 5.73 Å². The van der Waals surface area contributed by atoms with Gasteiger partial charge in [0, 0.05) is 0 Å². The van der Waals surface area contributed by atoms with Crippen LogP contribution < -0.4 is 10.5 Å². The number of nitrogens with zero attached hydrogens (tertiary/aromatic N) is 2. The molecule has 1 amide bonds. The van der Waals surface area contributed by atoms with Gasteiger partial charge < -0.3 is 15.6 Å². The second-order valence-corrected chi connectivity index (χ2v) is 5.37. The van der Waals surface area contributed by atoms with E-state index in [1.165, 1.54) is 26.0 Å². The molecule has 3 N–H and O–H groups in total. The van der Waals surface area contributed by atoms with Gasteiger partial charge in [-0.1, -0.05) is 0 Å². The van der Waals surface area contributed by atoms with Gasteiger partial charge in [0.2, 0.25) is 5.82 Å². The summed E-state index contributed by atoms with van der Waals surface area (Å²) in [5.41, 5.74) is 3.36. The smallest absolute Gasteiger partial charge is 0.450 e. The highest BCUT2D eigenvalue weighted by Gasteiger charge is 2.38. The van der Waals surface area contributed by atoms with E-state index in [0.29, 0.717) is 4.40 Å². The fourth-order valence-electron chi connectivity index (χ4n) is 1.79. The molecular weight excluding hydrogens is 303 g/mol. The zero-order chi connectivity index (χ0) is 16.7. The Morgan fingerprint density at radius 3 is 2.55 bits per heavy atom. The SMILES string of the molecule is CC(C)(O)COc1ccc2c(C(N)=O)nc(C(F)(F)F)n2c1. The Morgan fingerprint density at radius 1 is 1.41 bits per heavy atom. The van der Waals surface area contributed by atoms with E-state index in [4.69, 9.17) is 10.5 Å². The number of imidazole rings is 1. The number of ether oxygens (including phenoxy) is 1. The first kappa shape index (κ1) is 16.1. The van der Waals surface area contributed by atoms with E-state index in [1.807, 2.05) is 0 Å². The standard InChI is InChI=1S/C13H14F3N3O3/c1-12(2,21)6-22-7-3-4-8-9(10(17)20)18-11(13(14,15)16)19(8)5-7/h3-5,21H,6H2,1-2H3,(H2,17,20). The number of aliphatic hydroxyl groups is 1. The Hall–Kier alpha value is -2.29. The highest BCUT2D eigenvalue weighted by atomic mass is 19.4. The molecule has 2 rings (SSSR count). The van der Waals surface area contributed by atoms with Crippen LogP contribution in [0.25, 0.3) is 5.52 Å². The largest absolute Gasteiger partial charge is 0.489 e. The zero-order valence-corrected chi connectivity index (χ0v) is 11.8. The van der Waals surface area contributed by atoms with Crippen molar-refractivity contribution in [3.63, 3.8) is 0 Å². The molecule has 0 aliphatic heterocycles. The molecule has 0 bridgehead atoms. The van der Waals surface area contributed by atoms with Crippen LogP contribution in [0.1, 0.15) is 30.2 Å². The number of pyridine rings is 1. The molecule has 9 heteroatoms. The van der Waals surface area contributed by atoms with Gasteiger partial charge in [0.05, 0.1) is 17.3 Å². The van der Waals surface area contributed by atoms with Crippen molar-refractivity contribution < 1.29 is 27.8 Å². The molecule has 2 heterocycles. The number of hydrogen-bond donors (Lipinski definition) is 2. The van der Waals surface area contributed by atoms with Crippen LogP contribution in [0, 0.1) is 0 Å². The maximum Gasteiger partial charge on any atom is 0.450 e. The number of alkyl halides is 3. The number of halogens is 3. The predicted molar refractivity (Wildman–Crippen MR) is 70.5 cm³/mol. The number of carbonyl (C=O) groups is 1. The highest BCUT2D eigenvalue weighted by Crippen LogP contribution is 2.31. The van der Waals surface area contributed by atoms with Crippen LogP contribution in [-0.4, -0.2) is 32.6 Å². The number of amides is 1. The third-order valence-corrected chi connectivity index (χ3v) is 2.69. The van der Waals surface area contributed by atoms with Gasteiger partial charge in [0.15, 0.2) is 5.69 Å². The molecule has 0 aromatic carbocycles. The van der Waals surface area contributed by atoms with Crippen LogP contribution in [-0.2, 0) is 6.18 Å². The molecule has 0 saturated carbocycles. The molecule has 6 nitrogen and oxygen atoms in total. The maximum absolute atomic E-state index is 13.0. The van der Waals surface area contributed by atoms with E-state index in [1.54, 1.807) is 0 Å². The minimum atomic E-state index is -4.76. The molecule has 2 aromatic heterocycles. The fourth-order valence-corrected chi connectivity index (χ4v) is 1.79. The normalized spacial score (nSPS) is 12.6. The number of fused-ring (bicyclic) bond motifs is 1. The summed E-state index contributed by atoms with van der Waals surface area (Å²) >= 11 is 0. The summed E-state index contributed by atoms with van der Waals surface area (Å²) in [4.78, 5) is 14.5. The van der Waals surface area contributed by atoms with Gasteiger partial charge in [-0.15, -0.1) is 0 Å². The van der Waals surface area contributed by atoms with Crippen molar-refractivity contribution in [3.8, 4) is 5.75 Å². The van der Waals surface area contributed by atoms with Gasteiger partial charge >= 0.3 is 6.18 Å². The third-order valence-electron chi connectivity index (χ3n) is 2.69. The molecule has 0 fully saturated rings. The summed E-state index contributed by atoms with van der Waals surface area (Å²) in [5, 5.41) is 9.57. The fraction of sp³-hybridized carbons (Fsp3) is 0.385. The van der Waals surface area contributed by atoms with E-state index in [-0.39, 0.29) is 17.9 Å². The summed E-state index contributed by atoms with van der Waals surface area (Å²) in [6.45, 7) is 2.88. The van der Waals surface area contributed by atoms with Crippen LogP contribution in [0.4, 0.5) is 13.2 Å². The Labute approximate surface area is 123 Å². The summed E-state index contributed by atoms with van der Waals surface area (Å²) in [7, 11) is 0. The molecule has 0 radical (unpaired) electrons. The Kier molecular flexibility index (Phi) is 3.78. The first-order chi connectivity index (χ1) is 9.99. The quantitative estimate of drug-likeness (QED) is 0.896. The zero-order valence-electron chi connectivity index (χ0n) is 11.8. The van der Waals surface area contributed by atoms with Crippen LogP contribution in [0.2, 0.25) is 0 Å². The molecule has 2 aromatic rings. The predicted octanol–water partition coefficient (Wildman–Crippen LogP) is 1.60. The van der Waals surface area contributed by atoms with E-state index in [9.17, 15) is 23.1 Å². The third kappa shape index (κ3) is 3.30. The number of rotatable bonds is 4. The average Bonchev–Trinajstić information content (AvgIpc) is 2.74. The molecule has 0 spiro atoms. The number of aromatic nitrogens is 2. The van der Waals surface area contributed by atoms with Crippen molar-refractivity contribution in [1.29, 1.82) is 0 Å². The Morgan fingerprint density at radius 2 is 2.05 bits per heavy atom. The van der Waals surface area contributed by atoms with Crippen molar-refractivity contribution in [1.82, 2.24) is 9.38 Å². The monoisotopic (exact) mass is 317 g/mol. The topological polar surface area (TPSA) is 89.9 Å². The van der Waals surface area contributed by atoms with Crippen molar-refractivity contribution in [3.05, 3.63) is 29.8 Å². The number of nitrogens with two attached hydrogens (primary N) is 1. The minimum absolute atomic E-state index is 0.0737. The van der Waals surface area contributed by atoms with Gasteiger partial charge in [0.1, 0.15) is 12.4 Å². The van der Waals surface area contributed by atoms with Crippen LogP contribution in [0.5, 0.6) is 5.75 Å². The van der Waals surface area contributed by atoms with E-state index < -0.39 is 29.2 Å². The lowest BCUT2D eigenvalue weighted by atomic mass is 10.2. The van der Waals surface area contributed by atoms with Crippen molar-refractivity contribution in [2.75, 3.05) is 6.61 Å². The second-order valence-electron chi connectivity index (χ2n) is 5.37. The molecule has 0 atom stereocenters. The lowest BCUT2D eigenvalue weighted by Gasteiger charge is -2.18. The van der Waals surface area contributed by atoms with Gasteiger partial charge in [-0.05, 0) is 26.0 Å². The molecular formula is C13H14F3N3O3. The first-order valence-corrected chi connectivity index (χ1v) is 6.23. The first-order valence-electron chi connectivity index (χ1n) is 6.23. The van der Waals surface area contributed by atoms with Gasteiger partial charge in [-0.25, -0.2) is 4.98 Å². The number of hydrogen-bond acceptors (Lipinski definition) is 4. The van der Waals surface area contributed by atoms with Crippen LogP contribution in [0.3, 0.4) is 0 Å². The lowest BCUT2D eigenvalue weighted by Crippen LogP contribution is -2.27. The summed E-state index contributed by atoms with van der Waals surface area (Å²) in [6, 6.07) is 2.62. The van der Waals surface area contributed by atoms with Gasteiger partial charge in [-0.2, -0.15) is 13.2 Å². The average molecular weight is 317 g/mol. The van der Waals surface area contributed by atoms with E-state index in [2.05, 4.69) is 4.98 Å². The van der Waals surface area contributed by atoms with Crippen molar-refractivity contribution in [2.45, 2.75) is 25.6 Å². The highest BCUT2D eigenvalue weighted by molar-refractivity contribution is 5.98. The second kappa shape index (κ2) is 5.16. The maximum atomic E-state index is 13.0. The lowest BCUT2D eigenvalue weighted by molar-refractivity contribution is -0.145. The molecule has 0 aliphatic rings. The van der Waals surface area contributed by atoms with Gasteiger partial charge in [0.25, 0.3) is 5.91 Å². The van der Waals surface area contributed by atoms with Gasteiger partial charge in [-0.3, -0.25) is 9.20 Å². The number of primary amides is 1. The molecule has 0 aliphatic carbocycles. The summed E-state index contributed by atoms with van der Waals surface area (Å²) in [6.07, 6.45) is -3.71. The molecule has 0 saturated heterocycles. The Balaban J connectivity index is 2.52.